The van der Waals surface area contributed by atoms with E-state index in [4.69, 9.17) is 4.74 Å². The van der Waals surface area contributed by atoms with Gasteiger partial charge in [-0.2, -0.15) is 0 Å². The molecule has 1 unspecified atom stereocenters. The molecule has 1 fully saturated rings. The van der Waals surface area contributed by atoms with Crippen LogP contribution in [0.25, 0.3) is 0 Å². The normalized spacial score (nSPS) is 17.1. The quantitative estimate of drug-likeness (QED) is 0.818. The molecule has 0 bridgehead atoms. The zero-order chi connectivity index (χ0) is 19.4. The Kier molecular flexibility index (Phi) is 6.16. The number of piperidine rings is 1. The predicted octanol–water partition coefficient (Wildman–Crippen LogP) is 2.42. The van der Waals surface area contributed by atoms with Gasteiger partial charge in [0.25, 0.3) is 5.56 Å². The van der Waals surface area contributed by atoms with Gasteiger partial charge in [-0.3, -0.25) is 14.3 Å². The summed E-state index contributed by atoms with van der Waals surface area (Å²) in [5.41, 5.74) is 2.92. The molecule has 0 spiro atoms. The van der Waals surface area contributed by atoms with Gasteiger partial charge in [0.05, 0.1) is 13.2 Å². The third-order valence-electron chi connectivity index (χ3n) is 5.15. The van der Waals surface area contributed by atoms with Gasteiger partial charge in [-0.05, 0) is 52.1 Å². The molecule has 2 aromatic rings. The van der Waals surface area contributed by atoms with Crippen LogP contribution in [-0.4, -0.2) is 28.7 Å². The molecular weight excluding hydrogens is 342 g/mol. The van der Waals surface area contributed by atoms with E-state index in [2.05, 4.69) is 16.4 Å². The fourth-order valence-corrected chi connectivity index (χ4v) is 3.76. The van der Waals surface area contributed by atoms with E-state index >= 15 is 0 Å². The lowest BCUT2D eigenvalue weighted by Gasteiger charge is -2.24. The third kappa shape index (κ3) is 4.89. The standard InChI is InChI=1S/C21H29N3O3/c1-14-10-15(2)19(27-9-7-18-6-4-5-8-22-18)17(11-14)13-24-12-16(3)20(25)23-21(24)26/h10-12,18,22H,4-9,13H2,1-3H3,(H,23,25,26). The number of aromatic nitrogens is 2. The highest BCUT2D eigenvalue weighted by atomic mass is 16.5. The molecular formula is C21H29N3O3. The van der Waals surface area contributed by atoms with E-state index in [0.29, 0.717) is 24.8 Å². The smallest absolute Gasteiger partial charge is 0.328 e. The van der Waals surface area contributed by atoms with Crippen molar-refractivity contribution < 1.29 is 4.74 Å². The average Bonchev–Trinajstić information content (AvgIpc) is 2.62. The third-order valence-corrected chi connectivity index (χ3v) is 5.15. The fraction of sp³-hybridized carbons (Fsp3) is 0.524. The topological polar surface area (TPSA) is 76.1 Å². The van der Waals surface area contributed by atoms with Gasteiger partial charge in [-0.15, -0.1) is 0 Å². The van der Waals surface area contributed by atoms with E-state index in [0.717, 1.165) is 35.4 Å². The molecule has 1 saturated heterocycles. The predicted molar refractivity (Wildman–Crippen MR) is 107 cm³/mol. The first-order valence-electron chi connectivity index (χ1n) is 9.70. The summed E-state index contributed by atoms with van der Waals surface area (Å²) in [6, 6.07) is 4.67. The molecule has 1 aliphatic heterocycles. The molecule has 27 heavy (non-hydrogen) atoms. The molecule has 3 rings (SSSR count). The first kappa shape index (κ1) is 19.4. The molecule has 0 amide bonds. The maximum atomic E-state index is 12.2. The molecule has 2 N–H and O–H groups in total. The van der Waals surface area contributed by atoms with Gasteiger partial charge in [0, 0.05) is 23.4 Å². The number of aryl methyl sites for hydroxylation is 3. The molecule has 1 aromatic heterocycles. The van der Waals surface area contributed by atoms with E-state index in [9.17, 15) is 9.59 Å². The Balaban J connectivity index is 1.79. The first-order valence-corrected chi connectivity index (χ1v) is 9.70. The minimum Gasteiger partial charge on any atom is -0.493 e. The molecule has 0 saturated carbocycles. The van der Waals surface area contributed by atoms with Crippen molar-refractivity contribution in [1.82, 2.24) is 14.9 Å². The zero-order valence-electron chi connectivity index (χ0n) is 16.4. The van der Waals surface area contributed by atoms with Crippen LogP contribution in [0.4, 0.5) is 0 Å². The van der Waals surface area contributed by atoms with Crippen LogP contribution < -0.4 is 21.3 Å². The van der Waals surface area contributed by atoms with E-state index in [1.54, 1.807) is 13.1 Å². The molecule has 146 valence electrons. The number of benzene rings is 1. The summed E-state index contributed by atoms with van der Waals surface area (Å²) in [6.45, 7) is 7.88. The van der Waals surface area contributed by atoms with E-state index in [-0.39, 0.29) is 5.56 Å². The highest BCUT2D eigenvalue weighted by Crippen LogP contribution is 2.26. The molecule has 1 aromatic carbocycles. The summed E-state index contributed by atoms with van der Waals surface area (Å²) in [7, 11) is 0. The highest BCUT2D eigenvalue weighted by Gasteiger charge is 2.15. The summed E-state index contributed by atoms with van der Waals surface area (Å²) < 4.78 is 7.69. The summed E-state index contributed by atoms with van der Waals surface area (Å²) in [5, 5.41) is 3.54. The molecule has 6 nitrogen and oxygen atoms in total. The zero-order valence-corrected chi connectivity index (χ0v) is 16.4. The SMILES string of the molecule is Cc1cc(C)c(OCCC2CCCCN2)c(Cn2cc(C)c(=O)[nH]c2=O)c1. The van der Waals surface area contributed by atoms with Gasteiger partial charge in [-0.1, -0.05) is 24.1 Å². The number of ether oxygens (including phenoxy) is 1. The van der Waals surface area contributed by atoms with Gasteiger partial charge in [0.1, 0.15) is 5.75 Å². The van der Waals surface area contributed by atoms with Crippen molar-refractivity contribution in [2.75, 3.05) is 13.2 Å². The van der Waals surface area contributed by atoms with Crippen LogP contribution >= 0.6 is 0 Å². The number of rotatable bonds is 6. The Hall–Kier alpha value is -2.34. The molecule has 1 atom stereocenters. The van der Waals surface area contributed by atoms with E-state index in [1.165, 1.54) is 23.8 Å². The number of hydrogen-bond acceptors (Lipinski definition) is 4. The van der Waals surface area contributed by atoms with Crippen molar-refractivity contribution in [1.29, 1.82) is 0 Å². The lowest BCUT2D eigenvalue weighted by atomic mass is 10.0. The molecule has 0 aliphatic carbocycles. The number of hydrogen-bond donors (Lipinski definition) is 2. The summed E-state index contributed by atoms with van der Waals surface area (Å²) in [5.74, 6) is 0.840. The second-order valence-electron chi connectivity index (χ2n) is 7.55. The van der Waals surface area contributed by atoms with Gasteiger partial charge >= 0.3 is 5.69 Å². The molecule has 1 aliphatic rings. The summed E-state index contributed by atoms with van der Waals surface area (Å²) in [4.78, 5) is 26.1. The minimum atomic E-state index is -0.401. The number of H-pyrrole nitrogens is 1. The Bertz CT molecular complexity index is 908. The minimum absolute atomic E-state index is 0.340. The van der Waals surface area contributed by atoms with Crippen molar-refractivity contribution in [3.63, 3.8) is 0 Å². The average molecular weight is 371 g/mol. The van der Waals surface area contributed by atoms with Crippen LogP contribution in [0.2, 0.25) is 0 Å². The highest BCUT2D eigenvalue weighted by molar-refractivity contribution is 5.44. The van der Waals surface area contributed by atoms with Crippen LogP contribution in [0.3, 0.4) is 0 Å². The van der Waals surface area contributed by atoms with Gasteiger partial charge in [0.15, 0.2) is 0 Å². The molecule has 0 radical (unpaired) electrons. The summed E-state index contributed by atoms with van der Waals surface area (Å²) >= 11 is 0. The Morgan fingerprint density at radius 2 is 1.96 bits per heavy atom. The Morgan fingerprint density at radius 3 is 2.70 bits per heavy atom. The lowest BCUT2D eigenvalue weighted by Crippen LogP contribution is -2.35. The Morgan fingerprint density at radius 1 is 1.15 bits per heavy atom. The first-order chi connectivity index (χ1) is 12.9. The van der Waals surface area contributed by atoms with Crippen molar-refractivity contribution in [3.05, 3.63) is 61.4 Å². The number of aromatic amines is 1. The van der Waals surface area contributed by atoms with E-state index < -0.39 is 5.69 Å². The van der Waals surface area contributed by atoms with Gasteiger partial charge < -0.3 is 10.1 Å². The number of nitrogens with one attached hydrogen (secondary N) is 2. The van der Waals surface area contributed by atoms with Crippen molar-refractivity contribution >= 4 is 0 Å². The van der Waals surface area contributed by atoms with Crippen LogP contribution in [0.1, 0.15) is 47.9 Å². The summed E-state index contributed by atoms with van der Waals surface area (Å²) in [6.07, 6.45) is 6.32. The van der Waals surface area contributed by atoms with Crippen molar-refractivity contribution in [2.24, 2.45) is 0 Å². The van der Waals surface area contributed by atoms with Crippen LogP contribution in [-0.2, 0) is 6.54 Å². The van der Waals surface area contributed by atoms with Crippen LogP contribution in [0.5, 0.6) is 5.75 Å². The Labute approximate surface area is 159 Å². The van der Waals surface area contributed by atoms with Crippen molar-refractivity contribution in [2.45, 2.75) is 59.0 Å². The monoisotopic (exact) mass is 371 g/mol. The van der Waals surface area contributed by atoms with Gasteiger partial charge in [0.2, 0.25) is 0 Å². The second kappa shape index (κ2) is 8.57. The maximum absolute atomic E-state index is 12.2. The molecule has 2 heterocycles. The number of nitrogens with zero attached hydrogens (tertiary/aromatic N) is 1. The molecule has 6 heteroatoms. The largest absolute Gasteiger partial charge is 0.493 e. The maximum Gasteiger partial charge on any atom is 0.328 e. The van der Waals surface area contributed by atoms with Gasteiger partial charge in [-0.25, -0.2) is 4.79 Å². The van der Waals surface area contributed by atoms with E-state index in [1.807, 2.05) is 19.9 Å². The second-order valence-corrected chi connectivity index (χ2v) is 7.55. The van der Waals surface area contributed by atoms with Crippen LogP contribution in [0.15, 0.2) is 27.9 Å². The fourth-order valence-electron chi connectivity index (χ4n) is 3.76. The van der Waals surface area contributed by atoms with Crippen LogP contribution in [0, 0.1) is 20.8 Å². The lowest BCUT2D eigenvalue weighted by molar-refractivity contribution is 0.264. The van der Waals surface area contributed by atoms with Crippen molar-refractivity contribution in [3.8, 4) is 5.75 Å².